The van der Waals surface area contributed by atoms with Crippen molar-refractivity contribution in [2.45, 2.75) is 63.7 Å². The number of H-pyrrole nitrogens is 1. The normalized spacial score (nSPS) is 14.3. The SMILES string of the molecule is CSCCC(NC(=O)C(CC(C)C)NC(=O)C(N)CC(N)=O)C(=O)NC(Cc1c[nH]c2ccccc12)C(=O)O. The van der Waals surface area contributed by atoms with Crippen molar-refractivity contribution in [3.63, 3.8) is 0 Å². The third kappa shape index (κ3) is 9.91. The predicted octanol–water partition coefficient (Wildman–Crippen LogP) is 0.251. The van der Waals surface area contributed by atoms with Crippen LogP contribution in [0.1, 0.15) is 38.7 Å². The Hall–Kier alpha value is -3.58. The summed E-state index contributed by atoms with van der Waals surface area (Å²) in [5, 5.41) is 18.4. The fourth-order valence-electron chi connectivity index (χ4n) is 4.06. The summed E-state index contributed by atoms with van der Waals surface area (Å²) < 4.78 is 0. The molecule has 4 atom stereocenters. The van der Waals surface area contributed by atoms with Crippen molar-refractivity contribution in [2.75, 3.05) is 12.0 Å². The van der Waals surface area contributed by atoms with Gasteiger partial charge in [-0.2, -0.15) is 11.8 Å². The van der Waals surface area contributed by atoms with Crippen LogP contribution in [0.15, 0.2) is 30.5 Å². The second-order valence-electron chi connectivity index (χ2n) is 9.77. The summed E-state index contributed by atoms with van der Waals surface area (Å²) >= 11 is 1.46. The van der Waals surface area contributed by atoms with Crippen molar-refractivity contribution < 1.29 is 29.1 Å². The molecule has 4 unspecified atom stereocenters. The first kappa shape index (κ1) is 31.6. The van der Waals surface area contributed by atoms with E-state index in [-0.39, 0.29) is 31.6 Å². The van der Waals surface area contributed by atoms with Crippen molar-refractivity contribution in [1.82, 2.24) is 20.9 Å². The van der Waals surface area contributed by atoms with Gasteiger partial charge >= 0.3 is 5.97 Å². The Bertz CT molecular complexity index is 1170. The Balaban J connectivity index is 2.16. The predicted molar refractivity (Wildman–Crippen MR) is 150 cm³/mol. The Morgan fingerprint density at radius 2 is 1.59 bits per heavy atom. The van der Waals surface area contributed by atoms with Gasteiger partial charge in [0.25, 0.3) is 0 Å². The second-order valence-corrected chi connectivity index (χ2v) is 10.8. The van der Waals surface area contributed by atoms with Gasteiger partial charge in [0.05, 0.1) is 12.5 Å². The van der Waals surface area contributed by atoms with Crippen LogP contribution in [0, 0.1) is 5.92 Å². The maximum absolute atomic E-state index is 13.2. The molecule has 0 aliphatic heterocycles. The van der Waals surface area contributed by atoms with Crippen LogP contribution in [0.25, 0.3) is 10.9 Å². The lowest BCUT2D eigenvalue weighted by Gasteiger charge is -2.26. The Morgan fingerprint density at radius 3 is 2.21 bits per heavy atom. The molecule has 214 valence electrons. The first-order valence-electron chi connectivity index (χ1n) is 12.6. The van der Waals surface area contributed by atoms with E-state index in [1.54, 1.807) is 6.20 Å². The number of carbonyl (C=O) groups excluding carboxylic acids is 4. The molecule has 1 aromatic heterocycles. The summed E-state index contributed by atoms with van der Waals surface area (Å²) in [5.41, 5.74) is 12.4. The van der Waals surface area contributed by atoms with E-state index in [0.29, 0.717) is 5.75 Å². The van der Waals surface area contributed by atoms with Gasteiger partial charge in [-0.1, -0.05) is 32.0 Å². The number of aromatic nitrogens is 1. The highest BCUT2D eigenvalue weighted by molar-refractivity contribution is 7.98. The van der Waals surface area contributed by atoms with Crippen LogP contribution in [-0.4, -0.2) is 75.9 Å². The molecule has 1 heterocycles. The van der Waals surface area contributed by atoms with Crippen LogP contribution < -0.4 is 27.4 Å². The van der Waals surface area contributed by atoms with Gasteiger partial charge in [-0.05, 0) is 42.4 Å². The molecule has 0 aliphatic carbocycles. The zero-order valence-corrected chi connectivity index (χ0v) is 23.2. The number of amides is 4. The molecule has 2 aromatic rings. The summed E-state index contributed by atoms with van der Waals surface area (Å²) in [6, 6.07) is 2.91. The van der Waals surface area contributed by atoms with Gasteiger partial charge in [-0.25, -0.2) is 4.79 Å². The lowest BCUT2D eigenvalue weighted by Crippen LogP contribution is -2.57. The van der Waals surface area contributed by atoms with Crippen molar-refractivity contribution in [2.24, 2.45) is 17.4 Å². The summed E-state index contributed by atoms with van der Waals surface area (Å²) in [5.74, 6) is -3.43. The number of hydrogen-bond acceptors (Lipinski definition) is 7. The molecule has 2 rings (SSSR count). The lowest BCUT2D eigenvalue weighted by molar-refractivity contribution is -0.142. The monoisotopic (exact) mass is 562 g/mol. The summed E-state index contributed by atoms with van der Waals surface area (Å²) in [4.78, 5) is 65.1. The summed E-state index contributed by atoms with van der Waals surface area (Å²) in [6.45, 7) is 3.71. The number of carboxylic acid groups (broad SMARTS) is 1. The van der Waals surface area contributed by atoms with Crippen LogP contribution in [-0.2, 0) is 30.4 Å². The van der Waals surface area contributed by atoms with E-state index in [2.05, 4.69) is 20.9 Å². The van der Waals surface area contributed by atoms with E-state index < -0.39 is 53.8 Å². The standard InChI is InChI=1S/C26H38N6O6S/c1-14(2)10-20(31-23(34)17(27)12-22(28)33)25(36)30-19(8-9-39-3)24(35)32-21(26(37)38)11-15-13-29-18-7-5-4-6-16(15)18/h4-7,13-14,17,19-21,29H,8-12,27H2,1-3H3,(H2,28,33)(H,30,36)(H,31,34)(H,32,35)(H,37,38). The molecule has 1 aromatic carbocycles. The third-order valence-corrected chi connectivity index (χ3v) is 6.70. The average Bonchev–Trinajstić information content (AvgIpc) is 3.27. The van der Waals surface area contributed by atoms with Crippen LogP contribution in [0.5, 0.6) is 0 Å². The van der Waals surface area contributed by atoms with Crippen LogP contribution in [0.4, 0.5) is 0 Å². The molecule has 0 fully saturated rings. The third-order valence-electron chi connectivity index (χ3n) is 6.06. The molecule has 13 heteroatoms. The van der Waals surface area contributed by atoms with Gasteiger partial charge in [0.15, 0.2) is 0 Å². The number of benzene rings is 1. The number of fused-ring (bicyclic) bond motifs is 1. The van der Waals surface area contributed by atoms with E-state index in [9.17, 15) is 29.1 Å². The van der Waals surface area contributed by atoms with Gasteiger partial charge in [0.2, 0.25) is 23.6 Å². The molecule has 39 heavy (non-hydrogen) atoms. The zero-order valence-electron chi connectivity index (χ0n) is 22.4. The number of carbonyl (C=O) groups is 5. The second kappa shape index (κ2) is 15.1. The molecule has 0 saturated carbocycles. The minimum atomic E-state index is -1.23. The number of primary amides is 1. The highest BCUT2D eigenvalue weighted by Crippen LogP contribution is 2.19. The van der Waals surface area contributed by atoms with Crippen molar-refractivity contribution in [3.8, 4) is 0 Å². The van der Waals surface area contributed by atoms with Crippen molar-refractivity contribution >= 4 is 52.3 Å². The molecule has 0 bridgehead atoms. The zero-order chi connectivity index (χ0) is 29.1. The molecule has 9 N–H and O–H groups in total. The number of nitrogens with two attached hydrogens (primary N) is 2. The van der Waals surface area contributed by atoms with E-state index >= 15 is 0 Å². The Kier molecular flexibility index (Phi) is 12.3. The molecule has 0 spiro atoms. The molecule has 12 nitrogen and oxygen atoms in total. The molecule has 0 saturated heterocycles. The van der Waals surface area contributed by atoms with Crippen molar-refractivity contribution in [1.29, 1.82) is 0 Å². The first-order chi connectivity index (χ1) is 18.4. The van der Waals surface area contributed by atoms with Crippen LogP contribution >= 0.6 is 11.8 Å². The van der Waals surface area contributed by atoms with E-state index in [1.165, 1.54) is 11.8 Å². The average molecular weight is 563 g/mol. The first-order valence-corrected chi connectivity index (χ1v) is 14.0. The quantitative estimate of drug-likeness (QED) is 0.150. The smallest absolute Gasteiger partial charge is 0.326 e. The van der Waals surface area contributed by atoms with Gasteiger partial charge in [0, 0.05) is 23.5 Å². The summed E-state index contributed by atoms with van der Waals surface area (Å²) in [7, 11) is 0. The van der Waals surface area contributed by atoms with E-state index in [4.69, 9.17) is 11.5 Å². The minimum absolute atomic E-state index is 0.000506. The van der Waals surface area contributed by atoms with E-state index in [1.807, 2.05) is 44.4 Å². The number of carboxylic acids is 1. The highest BCUT2D eigenvalue weighted by Gasteiger charge is 2.31. The maximum Gasteiger partial charge on any atom is 0.326 e. The van der Waals surface area contributed by atoms with E-state index in [0.717, 1.165) is 16.5 Å². The number of thioether (sulfide) groups is 1. The number of nitrogens with one attached hydrogen (secondary N) is 4. The van der Waals surface area contributed by atoms with Gasteiger partial charge < -0.3 is 37.5 Å². The number of aromatic amines is 1. The molecule has 4 amide bonds. The highest BCUT2D eigenvalue weighted by atomic mass is 32.2. The topological polar surface area (TPSA) is 209 Å². The molecule has 0 aliphatic rings. The number of rotatable bonds is 16. The molecular formula is C26H38N6O6S. The van der Waals surface area contributed by atoms with Crippen LogP contribution in [0.3, 0.4) is 0 Å². The van der Waals surface area contributed by atoms with Gasteiger partial charge in [0.1, 0.15) is 18.1 Å². The van der Waals surface area contributed by atoms with Crippen molar-refractivity contribution in [3.05, 3.63) is 36.0 Å². The maximum atomic E-state index is 13.2. The fraction of sp³-hybridized carbons (Fsp3) is 0.500. The minimum Gasteiger partial charge on any atom is -0.480 e. The van der Waals surface area contributed by atoms with Crippen LogP contribution in [0.2, 0.25) is 0 Å². The largest absolute Gasteiger partial charge is 0.480 e. The van der Waals surface area contributed by atoms with Gasteiger partial charge in [-0.3, -0.25) is 19.2 Å². The lowest BCUT2D eigenvalue weighted by atomic mass is 10.0. The Labute approximate surface area is 231 Å². The fourth-order valence-corrected chi connectivity index (χ4v) is 4.53. The number of aliphatic carboxylic acids is 1. The van der Waals surface area contributed by atoms with Gasteiger partial charge in [-0.15, -0.1) is 0 Å². The number of para-hydroxylation sites is 1. The molecule has 0 radical (unpaired) electrons. The summed E-state index contributed by atoms with van der Waals surface area (Å²) in [6.07, 6.45) is 3.70. The Morgan fingerprint density at radius 1 is 0.974 bits per heavy atom. The number of hydrogen-bond donors (Lipinski definition) is 7. The molecular weight excluding hydrogens is 524 g/mol.